The van der Waals surface area contributed by atoms with Gasteiger partial charge in [-0.1, -0.05) is 58.0 Å². The Labute approximate surface area is 87.5 Å². The number of hydrogen-bond donors (Lipinski definition) is 0. The average molecular weight is 259 g/mol. The third-order valence-electron chi connectivity index (χ3n) is 0.504. The van der Waals surface area contributed by atoms with Gasteiger partial charge in [-0.15, -0.1) is 0 Å². The molecule has 0 aromatic rings. The third-order valence-corrected chi connectivity index (χ3v) is 3.95. The lowest BCUT2D eigenvalue weighted by atomic mass is 10.9. The summed E-state index contributed by atoms with van der Waals surface area (Å²) in [5.74, 6) is 0. The van der Waals surface area contributed by atoms with E-state index < -0.39 is 7.46 Å². The van der Waals surface area contributed by atoms with E-state index in [1.807, 2.05) is 0 Å². The highest BCUT2D eigenvalue weighted by Crippen LogP contribution is 2.52. The molecule has 0 unspecified atom stereocenters. The van der Waals surface area contributed by atoms with Gasteiger partial charge >= 0.3 is 0 Å². The van der Waals surface area contributed by atoms with Crippen LogP contribution in [0.4, 0.5) is 0 Å². The van der Waals surface area contributed by atoms with Crippen molar-refractivity contribution < 1.29 is 0 Å². The lowest BCUT2D eigenvalue weighted by Crippen LogP contribution is -2.26. The fourth-order valence-electron chi connectivity index (χ4n) is 0.115. The molecule has 0 heterocycles. The molecule has 0 rings (SSSR count). The predicted octanol–water partition coefficient (Wildman–Crippen LogP) is 3.70. The van der Waals surface area contributed by atoms with E-state index in [2.05, 4.69) is 0 Å². The molecular weight excluding hydrogens is 259 g/mol. The minimum Gasteiger partial charge on any atom is -0.185 e. The fraction of sp³-hybridized carbons (Fsp3) is 0.667. The van der Waals surface area contributed by atoms with E-state index in [1.165, 1.54) is 0 Å². The molecule has 0 spiro atoms. The van der Waals surface area contributed by atoms with E-state index in [4.69, 9.17) is 63.3 Å². The summed E-state index contributed by atoms with van der Waals surface area (Å²) in [6.45, 7) is 0. The van der Waals surface area contributed by atoms with Crippen molar-refractivity contribution in [3.05, 3.63) is 0 Å². The van der Waals surface area contributed by atoms with Crippen molar-refractivity contribution in [3.8, 4) is 5.40 Å². The SMILES string of the molecule is N#CSC(Cl)(Cl)C(Cl)(Cl)Cl. The number of rotatable bonds is 1. The number of hydrogen-bond acceptors (Lipinski definition) is 2. The van der Waals surface area contributed by atoms with Crippen molar-refractivity contribution in [1.82, 2.24) is 0 Å². The zero-order valence-electron chi connectivity index (χ0n) is 4.25. The largest absolute Gasteiger partial charge is 0.233 e. The van der Waals surface area contributed by atoms with Gasteiger partial charge in [-0.3, -0.25) is 0 Å². The number of thiocyanates is 1. The van der Waals surface area contributed by atoms with Gasteiger partial charge in [-0.05, 0) is 11.8 Å². The van der Waals surface area contributed by atoms with Crippen LogP contribution in [0.3, 0.4) is 0 Å². The van der Waals surface area contributed by atoms with Gasteiger partial charge in [0.1, 0.15) is 5.40 Å². The Morgan fingerprint density at radius 2 is 1.50 bits per heavy atom. The number of nitrogens with zero attached hydrogens (tertiary/aromatic N) is 1. The fourth-order valence-corrected chi connectivity index (χ4v) is 0.900. The summed E-state index contributed by atoms with van der Waals surface area (Å²) in [5.41, 5.74) is 0. The molecule has 0 aliphatic rings. The van der Waals surface area contributed by atoms with Crippen LogP contribution in [0, 0.1) is 10.7 Å². The molecule has 0 saturated heterocycles. The second-order valence-corrected chi connectivity index (χ2v) is 6.26. The van der Waals surface area contributed by atoms with E-state index in [1.54, 1.807) is 5.40 Å². The molecule has 10 heavy (non-hydrogen) atoms. The number of alkyl halides is 5. The summed E-state index contributed by atoms with van der Waals surface area (Å²) in [7, 11) is 0. The molecule has 0 aliphatic heterocycles. The zero-order chi connectivity index (χ0) is 8.41. The van der Waals surface area contributed by atoms with Crippen molar-refractivity contribution in [2.24, 2.45) is 0 Å². The van der Waals surface area contributed by atoms with Gasteiger partial charge in [-0.2, -0.15) is 5.26 Å². The predicted molar refractivity (Wildman–Crippen MR) is 47.9 cm³/mol. The second-order valence-electron chi connectivity index (χ2n) is 1.21. The van der Waals surface area contributed by atoms with Crippen LogP contribution in [0.5, 0.6) is 0 Å². The highest BCUT2D eigenvalue weighted by atomic mass is 35.6. The molecule has 0 fully saturated rings. The minimum atomic E-state index is -1.86. The first-order chi connectivity index (χ1) is 4.31. The number of nitriles is 1. The highest BCUT2D eigenvalue weighted by molar-refractivity contribution is 8.07. The van der Waals surface area contributed by atoms with E-state index in [9.17, 15) is 0 Å². The van der Waals surface area contributed by atoms with Gasteiger partial charge in [0.25, 0.3) is 0 Å². The first kappa shape index (κ1) is 11.3. The van der Waals surface area contributed by atoms with Crippen LogP contribution in [0.2, 0.25) is 0 Å². The van der Waals surface area contributed by atoms with Crippen LogP contribution < -0.4 is 0 Å². The van der Waals surface area contributed by atoms with Gasteiger partial charge in [-0.25, -0.2) is 0 Å². The Morgan fingerprint density at radius 1 is 1.10 bits per heavy atom. The van der Waals surface area contributed by atoms with E-state index in [-0.39, 0.29) is 0 Å². The first-order valence-electron chi connectivity index (χ1n) is 1.83. The lowest BCUT2D eigenvalue weighted by Gasteiger charge is -2.22. The molecule has 0 aromatic carbocycles. The maximum absolute atomic E-state index is 8.13. The van der Waals surface area contributed by atoms with Crippen molar-refractivity contribution in [2.75, 3.05) is 0 Å². The number of halogens is 5. The zero-order valence-corrected chi connectivity index (χ0v) is 8.84. The lowest BCUT2D eigenvalue weighted by molar-refractivity contribution is 1.12. The topological polar surface area (TPSA) is 23.8 Å². The summed E-state index contributed by atoms with van der Waals surface area (Å²) in [4.78, 5) is 0. The molecule has 58 valence electrons. The van der Waals surface area contributed by atoms with Crippen molar-refractivity contribution in [3.63, 3.8) is 0 Å². The van der Waals surface area contributed by atoms with Crippen molar-refractivity contribution in [2.45, 2.75) is 7.46 Å². The molecular formula is C3Cl5NS. The normalized spacial score (nSPS) is 12.8. The van der Waals surface area contributed by atoms with E-state index >= 15 is 0 Å². The molecule has 0 N–H and O–H groups in total. The molecule has 0 aromatic heterocycles. The average Bonchev–Trinajstić information content (AvgIpc) is 1.61. The maximum Gasteiger partial charge on any atom is 0.233 e. The van der Waals surface area contributed by atoms with E-state index in [0.29, 0.717) is 11.8 Å². The summed E-state index contributed by atoms with van der Waals surface area (Å²) < 4.78 is -3.58. The molecule has 1 nitrogen and oxygen atoms in total. The van der Waals surface area contributed by atoms with Crippen LogP contribution in [0.15, 0.2) is 0 Å². The Morgan fingerprint density at radius 3 is 1.60 bits per heavy atom. The molecule has 0 bridgehead atoms. The highest BCUT2D eigenvalue weighted by Gasteiger charge is 2.47. The summed E-state index contributed by atoms with van der Waals surface area (Å²) in [6, 6.07) is 0. The van der Waals surface area contributed by atoms with Gasteiger partial charge in [0.2, 0.25) is 7.46 Å². The Kier molecular flexibility index (Phi) is 4.29. The minimum absolute atomic E-state index is 0.481. The summed E-state index contributed by atoms with van der Waals surface area (Å²) in [6.07, 6.45) is 0. The molecule has 0 saturated carbocycles. The van der Waals surface area contributed by atoms with Gasteiger partial charge in [0, 0.05) is 0 Å². The van der Waals surface area contributed by atoms with Crippen LogP contribution >= 0.6 is 69.8 Å². The molecule has 7 heteroatoms. The van der Waals surface area contributed by atoms with Crippen molar-refractivity contribution >= 4 is 69.8 Å². The summed E-state index contributed by atoms with van der Waals surface area (Å²) in [5, 5.41) is 9.75. The van der Waals surface area contributed by atoms with Crippen LogP contribution in [0.25, 0.3) is 0 Å². The van der Waals surface area contributed by atoms with Crippen LogP contribution in [-0.4, -0.2) is 7.46 Å². The molecule has 0 atom stereocenters. The standard InChI is InChI=1S/C3Cl5NS/c4-2(5,6)3(7,8)10-1-9. The van der Waals surface area contributed by atoms with Crippen molar-refractivity contribution in [1.29, 1.82) is 5.26 Å². The van der Waals surface area contributed by atoms with Gasteiger partial charge in [0.15, 0.2) is 0 Å². The van der Waals surface area contributed by atoms with Crippen LogP contribution in [-0.2, 0) is 0 Å². The quantitative estimate of drug-likeness (QED) is 0.529. The van der Waals surface area contributed by atoms with Crippen LogP contribution in [0.1, 0.15) is 0 Å². The summed E-state index contributed by atoms with van der Waals surface area (Å²) >= 11 is 27.2. The second kappa shape index (κ2) is 3.80. The molecule has 0 aliphatic carbocycles. The molecule has 0 radical (unpaired) electrons. The first-order valence-corrected chi connectivity index (χ1v) is 4.53. The molecule has 0 amide bonds. The number of thioether (sulfide) groups is 1. The Balaban J connectivity index is 4.28. The third kappa shape index (κ3) is 3.13. The monoisotopic (exact) mass is 257 g/mol. The van der Waals surface area contributed by atoms with E-state index in [0.717, 1.165) is 0 Å². The smallest absolute Gasteiger partial charge is 0.185 e. The van der Waals surface area contributed by atoms with Gasteiger partial charge < -0.3 is 0 Å². The van der Waals surface area contributed by atoms with Gasteiger partial charge in [0.05, 0.1) is 0 Å². The maximum atomic E-state index is 8.13. The Hall–Kier alpha value is 1.29. The Bertz CT molecular complexity index is 155.